The van der Waals surface area contributed by atoms with Crippen LogP contribution in [0.5, 0.6) is 5.75 Å². The van der Waals surface area contributed by atoms with Gasteiger partial charge in [0.15, 0.2) is 11.6 Å². The topological polar surface area (TPSA) is 80.5 Å². The van der Waals surface area contributed by atoms with Crippen LogP contribution in [0, 0.1) is 19.7 Å². The van der Waals surface area contributed by atoms with Crippen LogP contribution >= 0.6 is 0 Å². The van der Waals surface area contributed by atoms with Crippen LogP contribution in [0.1, 0.15) is 48.9 Å². The molecule has 33 heavy (non-hydrogen) atoms. The summed E-state index contributed by atoms with van der Waals surface area (Å²) in [4.78, 5) is 19.1. The van der Waals surface area contributed by atoms with E-state index in [1.165, 1.54) is 19.2 Å². The first-order valence-corrected chi connectivity index (χ1v) is 10.9. The molecule has 8 heteroatoms. The summed E-state index contributed by atoms with van der Waals surface area (Å²) in [6.45, 7) is 8.53. The predicted octanol–water partition coefficient (Wildman–Crippen LogP) is 5.41. The first-order chi connectivity index (χ1) is 15.8. The maximum Gasteiger partial charge on any atom is 0.322 e. The summed E-state index contributed by atoms with van der Waals surface area (Å²) in [5.74, 6) is 0.164. The van der Waals surface area contributed by atoms with Gasteiger partial charge in [-0.3, -0.25) is 4.90 Å². The Bertz CT molecular complexity index is 1230. The van der Waals surface area contributed by atoms with Crippen LogP contribution in [0.2, 0.25) is 0 Å². The van der Waals surface area contributed by atoms with E-state index in [9.17, 15) is 9.18 Å². The van der Waals surface area contributed by atoms with Crippen molar-refractivity contribution in [3.05, 3.63) is 70.5 Å². The van der Waals surface area contributed by atoms with E-state index in [0.717, 1.165) is 34.4 Å². The number of nitrogens with one attached hydrogen (secondary N) is 1. The second-order valence-corrected chi connectivity index (χ2v) is 8.15. The van der Waals surface area contributed by atoms with Crippen LogP contribution < -0.4 is 10.1 Å². The van der Waals surface area contributed by atoms with Gasteiger partial charge >= 0.3 is 6.03 Å². The molecule has 7 nitrogen and oxygen atoms in total. The maximum atomic E-state index is 14.2. The van der Waals surface area contributed by atoms with E-state index in [4.69, 9.17) is 9.26 Å². The van der Waals surface area contributed by atoms with Crippen LogP contribution in [0.15, 0.2) is 46.6 Å². The number of ether oxygens (including phenoxy) is 1. The fourth-order valence-electron chi connectivity index (χ4n) is 4.00. The van der Waals surface area contributed by atoms with Gasteiger partial charge in [-0.2, -0.15) is 4.98 Å². The molecule has 1 unspecified atom stereocenters. The van der Waals surface area contributed by atoms with Gasteiger partial charge in [0.1, 0.15) is 0 Å². The van der Waals surface area contributed by atoms with E-state index in [1.54, 1.807) is 11.0 Å². The molecule has 3 aromatic rings. The normalized spacial score (nSPS) is 16.2. The van der Waals surface area contributed by atoms with Crippen molar-refractivity contribution in [3.63, 3.8) is 0 Å². The molecule has 0 bridgehead atoms. The number of benzene rings is 2. The Morgan fingerprint density at radius 3 is 2.61 bits per heavy atom. The second-order valence-electron chi connectivity index (χ2n) is 8.15. The van der Waals surface area contributed by atoms with Crippen molar-refractivity contribution in [2.45, 2.75) is 40.2 Å². The minimum atomic E-state index is -0.510. The monoisotopic (exact) mass is 450 g/mol. The number of aromatic nitrogens is 2. The quantitative estimate of drug-likeness (QED) is 0.543. The van der Waals surface area contributed by atoms with Crippen molar-refractivity contribution in [3.8, 4) is 17.1 Å². The van der Waals surface area contributed by atoms with Crippen LogP contribution in [-0.4, -0.2) is 34.7 Å². The number of amides is 2. The molecular weight excluding hydrogens is 423 g/mol. The van der Waals surface area contributed by atoms with Crippen molar-refractivity contribution < 1.29 is 18.4 Å². The highest BCUT2D eigenvalue weighted by molar-refractivity contribution is 5.87. The van der Waals surface area contributed by atoms with E-state index < -0.39 is 11.9 Å². The number of hydrogen-bond donors (Lipinski definition) is 1. The number of aryl methyl sites for hydroxylation is 2. The third-order valence-corrected chi connectivity index (χ3v) is 5.97. The zero-order valence-corrected chi connectivity index (χ0v) is 19.4. The largest absolute Gasteiger partial charge is 0.494 e. The molecule has 172 valence electrons. The molecule has 0 aliphatic carbocycles. The number of carbonyl (C=O) groups is 1. The molecule has 1 N–H and O–H groups in total. The fraction of sp³-hybridized carbons (Fsp3) is 0.320. The first-order valence-electron chi connectivity index (χ1n) is 10.9. The van der Waals surface area contributed by atoms with Crippen LogP contribution in [0.3, 0.4) is 0 Å². The molecule has 1 aromatic heterocycles. The minimum Gasteiger partial charge on any atom is -0.494 e. The van der Waals surface area contributed by atoms with E-state index in [0.29, 0.717) is 12.1 Å². The van der Waals surface area contributed by atoms with Crippen LogP contribution in [0.25, 0.3) is 17.0 Å². The molecule has 1 aliphatic heterocycles. The highest BCUT2D eigenvalue weighted by Gasteiger charge is 2.35. The van der Waals surface area contributed by atoms with Gasteiger partial charge in [0.2, 0.25) is 5.82 Å². The van der Waals surface area contributed by atoms with Gasteiger partial charge in [0, 0.05) is 17.8 Å². The highest BCUT2D eigenvalue weighted by atomic mass is 19.1. The molecule has 1 atom stereocenters. The number of allylic oxidation sites excluding steroid dienone is 1. The van der Waals surface area contributed by atoms with Gasteiger partial charge in [-0.15, -0.1) is 0 Å². The summed E-state index contributed by atoms with van der Waals surface area (Å²) in [7, 11) is 1.41. The molecular formula is C25H27FN4O3. The standard InChI is InChI=1S/C25H27FN4O3/c1-6-11-30-16(4)21(22(27-25(30)31)17-8-7-14(2)15(3)12-17)24-28-23(29-33-24)18-9-10-20(32-5)19(26)13-18/h7-10,12-13,22H,6,11H2,1-5H3,(H,27,31). The van der Waals surface area contributed by atoms with Gasteiger partial charge in [-0.1, -0.05) is 30.3 Å². The number of nitrogens with zero attached hydrogens (tertiary/aromatic N) is 3. The van der Waals surface area contributed by atoms with Crippen molar-refractivity contribution in [1.82, 2.24) is 20.4 Å². The van der Waals surface area contributed by atoms with Gasteiger partial charge in [-0.25, -0.2) is 9.18 Å². The van der Waals surface area contributed by atoms with Gasteiger partial charge < -0.3 is 14.6 Å². The summed E-state index contributed by atoms with van der Waals surface area (Å²) in [6.07, 6.45) is 0.798. The van der Waals surface area contributed by atoms with E-state index in [1.807, 2.05) is 39.8 Å². The summed E-state index contributed by atoms with van der Waals surface area (Å²) in [5, 5.41) is 7.17. The number of urea groups is 1. The molecule has 2 aromatic carbocycles. The lowest BCUT2D eigenvalue weighted by Gasteiger charge is -2.35. The van der Waals surface area contributed by atoms with Crippen molar-refractivity contribution in [2.75, 3.05) is 13.7 Å². The fourth-order valence-corrected chi connectivity index (χ4v) is 4.00. The van der Waals surface area contributed by atoms with Gasteiger partial charge in [-0.05, 0) is 62.1 Å². The van der Waals surface area contributed by atoms with Crippen LogP contribution in [-0.2, 0) is 0 Å². The van der Waals surface area contributed by atoms with E-state index in [2.05, 4.69) is 21.5 Å². The van der Waals surface area contributed by atoms with Gasteiger partial charge in [0.25, 0.3) is 5.89 Å². The Labute approximate surface area is 192 Å². The first kappa shape index (κ1) is 22.5. The molecule has 1 aliphatic rings. The lowest BCUT2D eigenvalue weighted by molar-refractivity contribution is 0.205. The zero-order chi connectivity index (χ0) is 23.7. The molecule has 0 saturated carbocycles. The Balaban J connectivity index is 1.81. The Morgan fingerprint density at radius 2 is 1.94 bits per heavy atom. The van der Waals surface area contributed by atoms with Crippen molar-refractivity contribution >= 4 is 11.6 Å². The minimum absolute atomic E-state index is 0.140. The highest BCUT2D eigenvalue weighted by Crippen LogP contribution is 2.38. The maximum absolute atomic E-state index is 14.2. The third kappa shape index (κ3) is 4.20. The average Bonchev–Trinajstić information content (AvgIpc) is 3.27. The predicted molar refractivity (Wildman–Crippen MR) is 123 cm³/mol. The smallest absolute Gasteiger partial charge is 0.322 e. The van der Waals surface area contributed by atoms with E-state index >= 15 is 0 Å². The lowest BCUT2D eigenvalue weighted by atomic mass is 9.92. The second kappa shape index (κ2) is 9.05. The molecule has 0 saturated heterocycles. The van der Waals surface area contributed by atoms with Crippen molar-refractivity contribution in [1.29, 1.82) is 0 Å². The molecule has 2 amide bonds. The van der Waals surface area contributed by atoms with Crippen LogP contribution in [0.4, 0.5) is 9.18 Å². The zero-order valence-electron chi connectivity index (χ0n) is 19.4. The molecule has 0 radical (unpaired) electrons. The Morgan fingerprint density at radius 1 is 1.15 bits per heavy atom. The summed E-state index contributed by atoms with van der Waals surface area (Å²) in [5.41, 5.74) is 5.15. The molecule has 0 spiro atoms. The number of rotatable bonds is 6. The third-order valence-electron chi connectivity index (χ3n) is 5.97. The lowest BCUT2D eigenvalue weighted by Crippen LogP contribution is -2.46. The molecule has 0 fully saturated rings. The Hall–Kier alpha value is -3.68. The number of methoxy groups -OCH3 is 1. The average molecular weight is 451 g/mol. The summed E-state index contributed by atoms with van der Waals surface area (Å²) < 4.78 is 24.8. The number of hydrogen-bond acceptors (Lipinski definition) is 5. The number of carbonyl (C=O) groups excluding carboxylic acids is 1. The summed E-state index contributed by atoms with van der Waals surface area (Å²) in [6, 6.07) is 9.95. The molecule has 2 heterocycles. The number of halogens is 1. The molecule has 4 rings (SSSR count). The summed E-state index contributed by atoms with van der Waals surface area (Å²) >= 11 is 0. The SMILES string of the molecule is CCCN1C(=O)NC(c2ccc(C)c(C)c2)C(c2nc(-c3ccc(OC)c(F)c3)no2)=C1C. The van der Waals surface area contributed by atoms with Gasteiger partial charge in [0.05, 0.1) is 18.7 Å². The Kier molecular flexibility index (Phi) is 6.18. The van der Waals surface area contributed by atoms with E-state index in [-0.39, 0.29) is 23.5 Å². The van der Waals surface area contributed by atoms with Crippen molar-refractivity contribution in [2.24, 2.45) is 0 Å².